The topological polar surface area (TPSA) is 99.5 Å². The molecule has 3 atom stereocenters. The molecular formula is C35H44F5N5O3. The van der Waals surface area contributed by atoms with E-state index in [2.05, 4.69) is 22.7 Å². The van der Waals surface area contributed by atoms with Gasteiger partial charge in [0.15, 0.2) is 5.69 Å². The fourth-order valence-electron chi connectivity index (χ4n) is 6.19. The minimum absolute atomic E-state index is 0.0656. The van der Waals surface area contributed by atoms with E-state index in [0.717, 1.165) is 56.4 Å². The second-order valence-electron chi connectivity index (χ2n) is 12.9. The molecule has 0 aliphatic carbocycles. The number of piperidine rings is 1. The average Bonchev–Trinajstić information content (AvgIpc) is 3.47. The quantitative estimate of drug-likeness (QED) is 0.187. The van der Waals surface area contributed by atoms with Gasteiger partial charge in [-0.05, 0) is 88.3 Å². The van der Waals surface area contributed by atoms with E-state index in [0.29, 0.717) is 24.7 Å². The van der Waals surface area contributed by atoms with Crippen molar-refractivity contribution in [2.75, 3.05) is 13.1 Å². The van der Waals surface area contributed by atoms with E-state index in [-0.39, 0.29) is 41.9 Å². The van der Waals surface area contributed by atoms with Crippen molar-refractivity contribution in [3.8, 4) is 0 Å². The molecule has 0 radical (unpaired) electrons. The minimum Gasteiger partial charge on any atom is -0.390 e. The Labute approximate surface area is 277 Å². The Hall–Kier alpha value is -3.84. The van der Waals surface area contributed by atoms with Crippen molar-refractivity contribution in [1.82, 2.24) is 25.3 Å². The van der Waals surface area contributed by atoms with Crippen molar-refractivity contribution in [2.45, 2.75) is 103 Å². The molecule has 13 heteroatoms. The van der Waals surface area contributed by atoms with Gasteiger partial charge >= 0.3 is 6.18 Å². The largest absolute Gasteiger partial charge is 0.416 e. The number of carbonyl (C=O) groups excluding carboxylic acids is 2. The highest BCUT2D eigenvalue weighted by Gasteiger charge is 2.34. The molecule has 1 aliphatic rings. The van der Waals surface area contributed by atoms with Gasteiger partial charge in [0.2, 0.25) is 0 Å². The van der Waals surface area contributed by atoms with Gasteiger partial charge in [-0.3, -0.25) is 14.3 Å². The number of likely N-dealkylation sites (tertiary alicyclic amines) is 1. The van der Waals surface area contributed by atoms with E-state index in [1.165, 1.54) is 22.9 Å². The number of amides is 2. The van der Waals surface area contributed by atoms with Crippen molar-refractivity contribution in [3.63, 3.8) is 0 Å². The van der Waals surface area contributed by atoms with E-state index in [1.54, 1.807) is 20.8 Å². The minimum atomic E-state index is -4.54. The molecule has 262 valence electrons. The maximum Gasteiger partial charge on any atom is 0.416 e. The molecule has 1 unspecified atom stereocenters. The van der Waals surface area contributed by atoms with E-state index in [4.69, 9.17) is 0 Å². The lowest BCUT2D eigenvalue weighted by Gasteiger charge is -2.35. The number of alkyl halides is 3. The van der Waals surface area contributed by atoms with E-state index in [9.17, 15) is 36.6 Å². The molecule has 4 rings (SSSR count). The first kappa shape index (κ1) is 37.0. The van der Waals surface area contributed by atoms with Crippen LogP contribution in [0.1, 0.15) is 97.5 Å². The number of benzene rings is 2. The predicted octanol–water partition coefficient (Wildman–Crippen LogP) is 6.22. The fourth-order valence-corrected chi connectivity index (χ4v) is 6.19. The van der Waals surface area contributed by atoms with Gasteiger partial charge in [-0.1, -0.05) is 25.5 Å². The maximum atomic E-state index is 14.1. The molecule has 48 heavy (non-hydrogen) atoms. The molecule has 0 saturated carbocycles. The first-order valence-corrected chi connectivity index (χ1v) is 16.4. The molecule has 1 aromatic heterocycles. The Morgan fingerprint density at radius 2 is 1.71 bits per heavy atom. The number of nitrogens with one attached hydrogen (secondary N) is 2. The third-order valence-electron chi connectivity index (χ3n) is 8.86. The summed E-state index contributed by atoms with van der Waals surface area (Å²) >= 11 is 0. The van der Waals surface area contributed by atoms with Crippen molar-refractivity contribution in [3.05, 3.63) is 88.2 Å². The predicted molar refractivity (Wildman–Crippen MR) is 171 cm³/mol. The molecule has 0 bridgehead atoms. The van der Waals surface area contributed by atoms with Crippen LogP contribution in [-0.2, 0) is 24.7 Å². The van der Waals surface area contributed by atoms with Crippen LogP contribution in [0.25, 0.3) is 0 Å². The summed E-state index contributed by atoms with van der Waals surface area (Å²) in [6.45, 7) is 7.90. The Balaban J connectivity index is 1.56. The molecular weight excluding hydrogens is 633 g/mol. The number of hydrogen-bond acceptors (Lipinski definition) is 5. The molecule has 3 aromatic rings. The molecule has 2 amide bonds. The highest BCUT2D eigenvalue weighted by atomic mass is 19.4. The van der Waals surface area contributed by atoms with Crippen molar-refractivity contribution >= 4 is 11.8 Å². The summed E-state index contributed by atoms with van der Waals surface area (Å²) in [5, 5.41) is 21.4. The normalized spacial score (nSPS) is 16.9. The summed E-state index contributed by atoms with van der Waals surface area (Å²) in [7, 11) is 0. The van der Waals surface area contributed by atoms with Gasteiger partial charge in [0.25, 0.3) is 11.8 Å². The molecule has 2 heterocycles. The van der Waals surface area contributed by atoms with Crippen molar-refractivity contribution < 1.29 is 36.6 Å². The summed E-state index contributed by atoms with van der Waals surface area (Å²) in [6.07, 6.45) is -1.44. The summed E-state index contributed by atoms with van der Waals surface area (Å²) < 4.78 is 69.7. The Morgan fingerprint density at radius 3 is 2.35 bits per heavy atom. The first-order chi connectivity index (χ1) is 22.6. The molecule has 1 fully saturated rings. The van der Waals surface area contributed by atoms with Gasteiger partial charge in [0.1, 0.15) is 17.3 Å². The van der Waals surface area contributed by atoms with Gasteiger partial charge in [-0.15, -0.1) is 0 Å². The number of hydrogen-bond donors (Lipinski definition) is 3. The molecule has 2 aromatic carbocycles. The van der Waals surface area contributed by atoms with Crippen molar-refractivity contribution in [1.29, 1.82) is 0 Å². The first-order valence-electron chi connectivity index (χ1n) is 16.4. The summed E-state index contributed by atoms with van der Waals surface area (Å²) in [5.74, 6) is -2.60. The maximum absolute atomic E-state index is 14.1. The lowest BCUT2D eigenvalue weighted by Crippen LogP contribution is -2.51. The van der Waals surface area contributed by atoms with Gasteiger partial charge in [-0.2, -0.15) is 18.3 Å². The number of aryl methyl sites for hydroxylation is 1. The van der Waals surface area contributed by atoms with Crippen LogP contribution in [0.4, 0.5) is 22.0 Å². The Kier molecular flexibility index (Phi) is 12.0. The fraction of sp³-hybridized carbons (Fsp3) is 0.514. The number of nitrogens with zero attached hydrogens (tertiary/aromatic N) is 3. The van der Waals surface area contributed by atoms with Crippen molar-refractivity contribution in [2.24, 2.45) is 0 Å². The smallest absolute Gasteiger partial charge is 0.390 e. The number of carbonyl (C=O) groups is 2. The summed E-state index contributed by atoms with van der Waals surface area (Å²) in [5.41, 5.74) is -1.19. The third-order valence-corrected chi connectivity index (χ3v) is 8.86. The molecule has 8 nitrogen and oxygen atoms in total. The number of aliphatic hydroxyl groups is 1. The van der Waals surface area contributed by atoms with E-state index in [1.807, 2.05) is 4.90 Å². The molecule has 1 saturated heterocycles. The van der Waals surface area contributed by atoms with E-state index < -0.39 is 47.0 Å². The number of rotatable bonds is 13. The van der Waals surface area contributed by atoms with E-state index >= 15 is 0 Å². The van der Waals surface area contributed by atoms with Gasteiger partial charge < -0.3 is 20.6 Å². The zero-order chi connectivity index (χ0) is 35.2. The standard InChI is InChI=1S/C35H44F5N5O3/c1-5-10-27-13-7-8-14-44(27)33(48)30-20-29(43-45(30)6-2)32(47)42-28(17-22-15-25(36)19-26(37)16-22)31(46)21-41-34(3,4)23-11-9-12-24(18-23)35(38,39)40/h9,11-12,15-16,18-20,27-28,31,41,46H,5-8,10,13-14,17,21H2,1-4H3,(H,42,47)/t27?,28-,31+/m0/s1. The number of halogens is 5. The third kappa shape index (κ3) is 9.19. The number of aliphatic hydroxyl groups excluding tert-OH is 1. The highest BCUT2D eigenvalue weighted by molar-refractivity contribution is 5.98. The molecule has 1 aliphatic heterocycles. The van der Waals surface area contributed by atoms with Gasteiger partial charge in [0, 0.05) is 43.3 Å². The van der Waals surface area contributed by atoms with Crippen LogP contribution in [-0.4, -0.2) is 62.9 Å². The lowest BCUT2D eigenvalue weighted by molar-refractivity contribution is -0.137. The van der Waals surface area contributed by atoms with Crippen LogP contribution >= 0.6 is 0 Å². The summed E-state index contributed by atoms with van der Waals surface area (Å²) in [6, 6.07) is 8.10. The molecule has 0 spiro atoms. The second-order valence-corrected chi connectivity index (χ2v) is 12.9. The zero-order valence-electron chi connectivity index (χ0n) is 27.7. The molecule has 3 N–H and O–H groups in total. The van der Waals surface area contributed by atoms with Crippen LogP contribution in [0, 0.1) is 11.6 Å². The van der Waals surface area contributed by atoms with Crippen LogP contribution in [0.2, 0.25) is 0 Å². The Morgan fingerprint density at radius 1 is 1.02 bits per heavy atom. The Bertz CT molecular complexity index is 1550. The van der Waals surface area contributed by atoms with Crippen LogP contribution in [0.3, 0.4) is 0 Å². The van der Waals surface area contributed by atoms with Crippen LogP contribution in [0.5, 0.6) is 0 Å². The van der Waals surface area contributed by atoms with Gasteiger partial charge in [0.05, 0.1) is 17.7 Å². The number of aromatic nitrogens is 2. The lowest BCUT2D eigenvalue weighted by atomic mass is 9.92. The highest BCUT2D eigenvalue weighted by Crippen LogP contribution is 2.32. The summed E-state index contributed by atoms with van der Waals surface area (Å²) in [4.78, 5) is 29.1. The van der Waals surface area contributed by atoms with Crippen LogP contribution in [0.15, 0.2) is 48.5 Å². The average molecular weight is 678 g/mol. The zero-order valence-corrected chi connectivity index (χ0v) is 27.7. The van der Waals surface area contributed by atoms with Crippen LogP contribution < -0.4 is 10.6 Å². The monoisotopic (exact) mass is 677 g/mol. The second kappa shape index (κ2) is 15.6. The SMILES string of the molecule is CCCC1CCCCN1C(=O)c1cc(C(=O)N[C@@H](Cc2cc(F)cc(F)c2)[C@H](O)CNC(C)(C)c2cccc(C(F)(F)F)c2)nn1CC. The van der Waals surface area contributed by atoms with Gasteiger partial charge in [-0.25, -0.2) is 8.78 Å².